The quantitative estimate of drug-likeness (QED) is 0.133. The summed E-state index contributed by atoms with van der Waals surface area (Å²) in [6.45, 7) is 2.93. The average molecular weight is 297 g/mol. The van der Waals surface area contributed by atoms with Crippen molar-refractivity contribution in [2.75, 3.05) is 26.2 Å². The highest BCUT2D eigenvalue weighted by molar-refractivity contribution is 6.18. The average Bonchev–Trinajstić information content (AvgIpc) is 2.79. The molecule has 0 aliphatic carbocycles. The van der Waals surface area contributed by atoms with Gasteiger partial charge in [0.2, 0.25) is 6.41 Å². The van der Waals surface area contributed by atoms with E-state index in [4.69, 9.17) is 11.5 Å². The number of amidine groups is 1. The molecule has 1 atom stereocenters. The Morgan fingerprint density at radius 3 is 2.76 bits per heavy atom. The Hall–Kier alpha value is -2.00. The van der Waals surface area contributed by atoms with Crippen molar-refractivity contribution in [3.63, 3.8) is 0 Å². The molecule has 0 aromatic rings. The van der Waals surface area contributed by atoms with E-state index in [2.05, 4.69) is 25.9 Å². The smallest absolute Gasteiger partial charge is 0.259 e. The molecule has 1 aliphatic heterocycles. The minimum atomic E-state index is -0.868. The molecule has 1 rings (SSSR count). The fourth-order valence-electron chi connectivity index (χ4n) is 1.80. The Kier molecular flexibility index (Phi) is 7.99. The van der Waals surface area contributed by atoms with Gasteiger partial charge < -0.3 is 22.1 Å². The van der Waals surface area contributed by atoms with Gasteiger partial charge in [0.25, 0.3) is 5.91 Å². The van der Waals surface area contributed by atoms with E-state index < -0.39 is 6.04 Å². The molecule has 1 aliphatic rings. The van der Waals surface area contributed by atoms with Crippen LogP contribution in [0.25, 0.3) is 0 Å². The Morgan fingerprint density at radius 2 is 2.14 bits per heavy atom. The molecule has 1 unspecified atom stereocenters. The number of amides is 2. The van der Waals surface area contributed by atoms with Crippen LogP contribution in [0.4, 0.5) is 0 Å². The largest absolute Gasteiger partial charge is 0.370 e. The Bertz CT molecular complexity index is 408. The maximum atomic E-state index is 11.6. The molecule has 9 nitrogen and oxygen atoms in total. The third-order valence-corrected chi connectivity index (χ3v) is 2.84. The second kappa shape index (κ2) is 9.83. The highest BCUT2D eigenvalue weighted by atomic mass is 16.2. The second-order valence-corrected chi connectivity index (χ2v) is 4.53. The van der Waals surface area contributed by atoms with Crippen molar-refractivity contribution in [2.45, 2.75) is 25.3 Å². The first-order valence-electron chi connectivity index (χ1n) is 6.98. The number of rotatable bonds is 10. The van der Waals surface area contributed by atoms with Crippen molar-refractivity contribution in [2.24, 2.45) is 21.5 Å². The summed E-state index contributed by atoms with van der Waals surface area (Å²) in [5.74, 6) is -0.140. The van der Waals surface area contributed by atoms with Gasteiger partial charge in [0, 0.05) is 6.54 Å². The third kappa shape index (κ3) is 6.32. The van der Waals surface area contributed by atoms with Crippen LogP contribution < -0.4 is 27.4 Å². The number of carbonyl (C=O) groups excluding carboxylic acids is 2. The summed E-state index contributed by atoms with van der Waals surface area (Å²) in [6.07, 6.45) is 3.32. The molecular formula is C12H23N7O2. The molecule has 0 aromatic carbocycles. The molecule has 0 aromatic heterocycles. The predicted octanol–water partition coefficient (Wildman–Crippen LogP) is -2.34. The number of guanidine groups is 1. The van der Waals surface area contributed by atoms with E-state index in [0.29, 0.717) is 19.5 Å². The number of unbranched alkanes of at least 4 members (excludes halogenated alkanes) is 1. The van der Waals surface area contributed by atoms with Crippen LogP contribution in [0.5, 0.6) is 0 Å². The first-order chi connectivity index (χ1) is 10.2. The summed E-state index contributed by atoms with van der Waals surface area (Å²) < 4.78 is 0. The molecule has 2 amide bonds. The van der Waals surface area contributed by atoms with Crippen molar-refractivity contribution in [3.8, 4) is 0 Å². The van der Waals surface area contributed by atoms with Crippen molar-refractivity contribution in [3.05, 3.63) is 0 Å². The van der Waals surface area contributed by atoms with Crippen molar-refractivity contribution >= 4 is 24.1 Å². The lowest BCUT2D eigenvalue weighted by Gasteiger charge is -2.08. The van der Waals surface area contributed by atoms with E-state index in [-0.39, 0.29) is 17.7 Å². The zero-order valence-electron chi connectivity index (χ0n) is 12.0. The lowest BCUT2D eigenvalue weighted by Crippen LogP contribution is -2.41. The summed E-state index contributed by atoms with van der Waals surface area (Å²) in [5, 5.41) is 8.04. The van der Waals surface area contributed by atoms with Gasteiger partial charge in [-0.2, -0.15) is 0 Å². The first-order valence-corrected chi connectivity index (χ1v) is 6.98. The summed E-state index contributed by atoms with van der Waals surface area (Å²) in [5.41, 5.74) is 10.8. The van der Waals surface area contributed by atoms with Gasteiger partial charge in [0.05, 0.1) is 0 Å². The molecule has 0 spiro atoms. The standard InChI is InChI=1S/C12H23N7O2/c13-4-1-2-5-15-6-3-7-16-10(17-8-20)9-11(21)19-12(14)18-9/h8-9,15H,1-7,13H2,(H,16,17,20)(H3,14,18,19,21). The number of hydrogen-bond donors (Lipinski definition) is 5. The molecule has 0 radical (unpaired) electrons. The second-order valence-electron chi connectivity index (χ2n) is 4.53. The normalized spacial score (nSPS) is 18.3. The molecule has 118 valence electrons. The number of carbonyl (C=O) groups is 2. The fourth-order valence-corrected chi connectivity index (χ4v) is 1.80. The zero-order valence-corrected chi connectivity index (χ0v) is 12.0. The molecule has 0 saturated heterocycles. The fraction of sp³-hybridized carbons (Fsp3) is 0.667. The van der Waals surface area contributed by atoms with Crippen LogP contribution in [0.2, 0.25) is 0 Å². The van der Waals surface area contributed by atoms with Gasteiger partial charge >= 0.3 is 0 Å². The molecule has 0 saturated carbocycles. The van der Waals surface area contributed by atoms with Gasteiger partial charge in [0.1, 0.15) is 5.84 Å². The lowest BCUT2D eigenvalue weighted by atomic mass is 10.2. The number of hydrogen-bond acceptors (Lipinski definition) is 7. The number of aliphatic imine (C=N–C) groups is 2. The molecule has 0 fully saturated rings. The maximum absolute atomic E-state index is 11.6. The molecule has 9 heteroatoms. The third-order valence-electron chi connectivity index (χ3n) is 2.84. The Labute approximate surface area is 123 Å². The molecule has 1 heterocycles. The van der Waals surface area contributed by atoms with Crippen LogP contribution in [0.3, 0.4) is 0 Å². The van der Waals surface area contributed by atoms with Gasteiger partial charge in [-0.15, -0.1) is 0 Å². The van der Waals surface area contributed by atoms with E-state index in [9.17, 15) is 9.59 Å². The SMILES string of the molecule is NCCCCNCCCN=C(NC=O)C1N=C(N)NC1=O. The van der Waals surface area contributed by atoms with Crippen LogP contribution in [-0.2, 0) is 9.59 Å². The van der Waals surface area contributed by atoms with Gasteiger partial charge in [-0.3, -0.25) is 19.9 Å². The summed E-state index contributed by atoms with van der Waals surface area (Å²) >= 11 is 0. The van der Waals surface area contributed by atoms with Crippen LogP contribution in [0.15, 0.2) is 9.98 Å². The van der Waals surface area contributed by atoms with Crippen molar-refractivity contribution in [1.29, 1.82) is 0 Å². The van der Waals surface area contributed by atoms with E-state index in [1.165, 1.54) is 0 Å². The van der Waals surface area contributed by atoms with Crippen LogP contribution >= 0.6 is 0 Å². The number of nitrogens with two attached hydrogens (primary N) is 2. The predicted molar refractivity (Wildman–Crippen MR) is 80.8 cm³/mol. The molecule has 0 bridgehead atoms. The van der Waals surface area contributed by atoms with Gasteiger partial charge in [-0.1, -0.05) is 0 Å². The monoisotopic (exact) mass is 297 g/mol. The Balaban J connectivity index is 2.32. The van der Waals surface area contributed by atoms with E-state index in [1.807, 2.05) is 0 Å². The van der Waals surface area contributed by atoms with E-state index in [1.54, 1.807) is 0 Å². The number of nitrogens with one attached hydrogen (secondary N) is 3. The topological polar surface area (TPSA) is 147 Å². The summed E-state index contributed by atoms with van der Waals surface area (Å²) in [6, 6.07) is -0.868. The van der Waals surface area contributed by atoms with Gasteiger partial charge in [0.15, 0.2) is 12.0 Å². The van der Waals surface area contributed by atoms with Crippen LogP contribution in [0, 0.1) is 0 Å². The van der Waals surface area contributed by atoms with Crippen LogP contribution in [0.1, 0.15) is 19.3 Å². The van der Waals surface area contributed by atoms with Crippen molar-refractivity contribution in [1.82, 2.24) is 16.0 Å². The van der Waals surface area contributed by atoms with Gasteiger partial charge in [-0.05, 0) is 38.9 Å². The summed E-state index contributed by atoms with van der Waals surface area (Å²) in [7, 11) is 0. The number of nitrogens with zero attached hydrogens (tertiary/aromatic N) is 2. The highest BCUT2D eigenvalue weighted by Gasteiger charge is 2.29. The van der Waals surface area contributed by atoms with Gasteiger partial charge in [-0.25, -0.2) is 4.99 Å². The van der Waals surface area contributed by atoms with Crippen LogP contribution in [-0.4, -0.2) is 56.3 Å². The maximum Gasteiger partial charge on any atom is 0.259 e. The minimum Gasteiger partial charge on any atom is -0.370 e. The lowest BCUT2D eigenvalue weighted by molar-refractivity contribution is -0.118. The summed E-state index contributed by atoms with van der Waals surface area (Å²) in [4.78, 5) is 30.2. The molecule has 21 heavy (non-hydrogen) atoms. The van der Waals surface area contributed by atoms with Crippen molar-refractivity contribution < 1.29 is 9.59 Å². The van der Waals surface area contributed by atoms with E-state index >= 15 is 0 Å². The zero-order chi connectivity index (χ0) is 15.5. The minimum absolute atomic E-state index is 0.0342. The highest BCUT2D eigenvalue weighted by Crippen LogP contribution is 2.00. The first kappa shape index (κ1) is 17.1. The Morgan fingerprint density at radius 1 is 1.38 bits per heavy atom. The molecule has 7 N–H and O–H groups in total. The van der Waals surface area contributed by atoms with E-state index in [0.717, 1.165) is 32.4 Å². The molecular weight excluding hydrogens is 274 g/mol.